The average Bonchev–Trinajstić information content (AvgIpc) is 3.13. The molecule has 3 heterocycles. The highest BCUT2D eigenvalue weighted by atomic mass is 16.5. The van der Waals surface area contributed by atoms with E-state index in [-0.39, 0.29) is 17.5 Å². The number of ether oxygens (including phenoxy) is 1. The molecule has 3 unspecified atom stereocenters. The number of benzene rings is 1. The van der Waals surface area contributed by atoms with E-state index >= 15 is 0 Å². The lowest BCUT2D eigenvalue weighted by molar-refractivity contribution is 0.0261. The monoisotopic (exact) mass is 379 g/mol. The highest BCUT2D eigenvalue weighted by Crippen LogP contribution is 2.40. The molecular weight excluding hydrogens is 350 g/mol. The number of urea groups is 1. The van der Waals surface area contributed by atoms with Crippen LogP contribution in [-0.4, -0.2) is 48.3 Å². The summed E-state index contributed by atoms with van der Waals surface area (Å²) in [6.45, 7) is 7.07. The van der Waals surface area contributed by atoms with Crippen molar-refractivity contribution in [2.75, 3.05) is 26.3 Å². The van der Waals surface area contributed by atoms with Crippen molar-refractivity contribution in [3.8, 4) is 0 Å². The quantitative estimate of drug-likeness (QED) is 0.884. The fraction of sp³-hybridized carbons (Fsp3) is 0.478. The minimum absolute atomic E-state index is 0.0345. The summed E-state index contributed by atoms with van der Waals surface area (Å²) in [6, 6.07) is 14.8. The standard InChI is InChI=1S/C23H29N3O2/c1-23(2,18-9-6-11-24-13-18)16-25-22(27)26-14-19(17-7-4-3-5-8-17)20-15-28-12-10-21(20)26/h3-9,11,13,19-21H,10,12,14-16H2,1-2H3,(H,25,27). The van der Waals surface area contributed by atoms with Gasteiger partial charge in [-0.05, 0) is 23.6 Å². The van der Waals surface area contributed by atoms with Crippen molar-refractivity contribution in [3.63, 3.8) is 0 Å². The molecule has 3 atom stereocenters. The number of amides is 2. The van der Waals surface area contributed by atoms with Crippen molar-refractivity contribution in [2.45, 2.75) is 37.6 Å². The molecular formula is C23H29N3O2. The van der Waals surface area contributed by atoms with Crippen molar-refractivity contribution < 1.29 is 9.53 Å². The lowest BCUT2D eigenvalue weighted by atomic mass is 9.84. The predicted molar refractivity (Wildman–Crippen MR) is 109 cm³/mol. The first-order chi connectivity index (χ1) is 13.6. The summed E-state index contributed by atoms with van der Waals surface area (Å²) in [4.78, 5) is 19.4. The van der Waals surface area contributed by atoms with Crippen molar-refractivity contribution in [1.29, 1.82) is 0 Å². The van der Waals surface area contributed by atoms with Crippen LogP contribution in [0.15, 0.2) is 54.9 Å². The number of pyridine rings is 1. The number of nitrogens with one attached hydrogen (secondary N) is 1. The molecule has 0 aliphatic carbocycles. The van der Waals surface area contributed by atoms with Crippen molar-refractivity contribution in [1.82, 2.24) is 15.2 Å². The molecule has 0 spiro atoms. The van der Waals surface area contributed by atoms with Crippen LogP contribution < -0.4 is 5.32 Å². The Kier molecular flexibility index (Phi) is 5.36. The van der Waals surface area contributed by atoms with E-state index in [1.54, 1.807) is 6.20 Å². The molecule has 2 aliphatic rings. The molecule has 0 saturated carbocycles. The Bertz CT molecular complexity index is 794. The lowest BCUT2D eigenvalue weighted by Gasteiger charge is -2.33. The molecule has 148 valence electrons. The van der Waals surface area contributed by atoms with Crippen LogP contribution in [0.4, 0.5) is 4.79 Å². The van der Waals surface area contributed by atoms with Gasteiger partial charge in [0.2, 0.25) is 0 Å². The first kappa shape index (κ1) is 18.9. The van der Waals surface area contributed by atoms with Gasteiger partial charge < -0.3 is 15.0 Å². The molecule has 2 aliphatic heterocycles. The number of carbonyl (C=O) groups excluding carboxylic acids is 1. The van der Waals surface area contributed by atoms with Crippen LogP contribution >= 0.6 is 0 Å². The number of fused-ring (bicyclic) bond motifs is 1. The van der Waals surface area contributed by atoms with E-state index in [1.807, 2.05) is 23.2 Å². The summed E-state index contributed by atoms with van der Waals surface area (Å²) in [6.07, 6.45) is 4.56. The number of hydrogen-bond acceptors (Lipinski definition) is 3. The third kappa shape index (κ3) is 3.76. The van der Waals surface area contributed by atoms with E-state index in [0.717, 1.165) is 31.7 Å². The van der Waals surface area contributed by atoms with Crippen LogP contribution in [0.25, 0.3) is 0 Å². The molecule has 28 heavy (non-hydrogen) atoms. The molecule has 2 fully saturated rings. The topological polar surface area (TPSA) is 54.5 Å². The molecule has 5 heteroatoms. The fourth-order valence-electron chi connectivity index (χ4n) is 4.55. The van der Waals surface area contributed by atoms with E-state index in [1.165, 1.54) is 5.56 Å². The predicted octanol–water partition coefficient (Wildman–Crippen LogP) is 3.57. The van der Waals surface area contributed by atoms with Gasteiger partial charge in [-0.3, -0.25) is 4.98 Å². The zero-order valence-corrected chi connectivity index (χ0v) is 16.7. The minimum Gasteiger partial charge on any atom is -0.381 e. The van der Waals surface area contributed by atoms with Crippen LogP contribution in [0.3, 0.4) is 0 Å². The maximum absolute atomic E-state index is 13.1. The van der Waals surface area contributed by atoms with Crippen LogP contribution in [-0.2, 0) is 10.2 Å². The van der Waals surface area contributed by atoms with Crippen molar-refractivity contribution in [3.05, 3.63) is 66.0 Å². The van der Waals surface area contributed by atoms with Crippen LogP contribution in [0.1, 0.15) is 37.3 Å². The highest BCUT2D eigenvalue weighted by molar-refractivity contribution is 5.75. The fourth-order valence-corrected chi connectivity index (χ4v) is 4.55. The van der Waals surface area contributed by atoms with E-state index in [4.69, 9.17) is 4.74 Å². The molecule has 1 N–H and O–H groups in total. The van der Waals surface area contributed by atoms with E-state index in [0.29, 0.717) is 18.4 Å². The molecule has 2 saturated heterocycles. The van der Waals surface area contributed by atoms with Gasteiger partial charge in [-0.2, -0.15) is 0 Å². The lowest BCUT2D eigenvalue weighted by Crippen LogP contribution is -2.49. The van der Waals surface area contributed by atoms with Crippen LogP contribution in [0, 0.1) is 5.92 Å². The van der Waals surface area contributed by atoms with Crippen LogP contribution in [0.2, 0.25) is 0 Å². The first-order valence-corrected chi connectivity index (χ1v) is 10.1. The summed E-state index contributed by atoms with van der Waals surface area (Å²) in [5.74, 6) is 0.705. The normalized spacial score (nSPS) is 24.6. The minimum atomic E-state index is -0.169. The molecule has 1 aromatic carbocycles. The maximum Gasteiger partial charge on any atom is 0.317 e. The van der Waals surface area contributed by atoms with Gasteiger partial charge in [-0.25, -0.2) is 4.79 Å². The van der Waals surface area contributed by atoms with Crippen molar-refractivity contribution >= 4 is 6.03 Å². The molecule has 0 radical (unpaired) electrons. The zero-order chi connectivity index (χ0) is 19.6. The number of rotatable bonds is 4. The maximum atomic E-state index is 13.1. The number of likely N-dealkylation sites (tertiary alicyclic amines) is 1. The Morgan fingerprint density at radius 2 is 2.07 bits per heavy atom. The summed E-state index contributed by atoms with van der Waals surface area (Å²) < 4.78 is 5.77. The van der Waals surface area contributed by atoms with Crippen molar-refractivity contribution in [2.24, 2.45) is 5.92 Å². The molecule has 2 aromatic rings. The summed E-state index contributed by atoms with van der Waals surface area (Å²) in [5.41, 5.74) is 2.26. The smallest absolute Gasteiger partial charge is 0.317 e. The SMILES string of the molecule is CC(C)(CNC(=O)N1CC(c2ccccc2)C2COCCC21)c1cccnc1. The molecule has 0 bridgehead atoms. The van der Waals surface area contributed by atoms with Gasteiger partial charge in [-0.1, -0.05) is 50.2 Å². The second kappa shape index (κ2) is 7.92. The van der Waals surface area contributed by atoms with Gasteiger partial charge in [-0.15, -0.1) is 0 Å². The second-order valence-corrected chi connectivity index (χ2v) is 8.55. The molecule has 4 rings (SSSR count). The largest absolute Gasteiger partial charge is 0.381 e. The Morgan fingerprint density at radius 1 is 1.25 bits per heavy atom. The third-order valence-electron chi connectivity index (χ3n) is 6.29. The zero-order valence-electron chi connectivity index (χ0n) is 16.7. The number of aromatic nitrogens is 1. The average molecular weight is 380 g/mol. The highest BCUT2D eigenvalue weighted by Gasteiger charge is 2.46. The van der Waals surface area contributed by atoms with E-state index in [2.05, 4.69) is 54.5 Å². The van der Waals surface area contributed by atoms with Gasteiger partial charge in [0.1, 0.15) is 0 Å². The number of nitrogens with zero attached hydrogens (tertiary/aromatic N) is 2. The Labute approximate surface area is 167 Å². The summed E-state index contributed by atoms with van der Waals surface area (Å²) in [5, 5.41) is 3.19. The second-order valence-electron chi connectivity index (χ2n) is 8.55. The molecule has 5 nitrogen and oxygen atoms in total. The van der Waals surface area contributed by atoms with Gasteiger partial charge >= 0.3 is 6.03 Å². The summed E-state index contributed by atoms with van der Waals surface area (Å²) >= 11 is 0. The van der Waals surface area contributed by atoms with E-state index < -0.39 is 0 Å². The number of hydrogen-bond donors (Lipinski definition) is 1. The Hall–Kier alpha value is -2.40. The van der Waals surface area contributed by atoms with Gasteiger partial charge in [0.15, 0.2) is 0 Å². The van der Waals surface area contributed by atoms with Crippen LogP contribution in [0.5, 0.6) is 0 Å². The van der Waals surface area contributed by atoms with E-state index in [9.17, 15) is 4.79 Å². The summed E-state index contributed by atoms with van der Waals surface area (Å²) in [7, 11) is 0. The first-order valence-electron chi connectivity index (χ1n) is 10.1. The molecule has 2 amide bonds. The third-order valence-corrected chi connectivity index (χ3v) is 6.29. The van der Waals surface area contributed by atoms with Gasteiger partial charge in [0.05, 0.1) is 6.61 Å². The Morgan fingerprint density at radius 3 is 2.82 bits per heavy atom. The van der Waals surface area contributed by atoms with Gasteiger partial charge in [0.25, 0.3) is 0 Å². The number of carbonyl (C=O) groups is 1. The molecule has 1 aromatic heterocycles. The Balaban J connectivity index is 1.46. The van der Waals surface area contributed by atoms with Gasteiger partial charge in [0, 0.05) is 55.4 Å².